The maximum absolute atomic E-state index is 5.16. The Balaban J connectivity index is 1.07. The molecule has 0 N–H and O–H groups in total. The second-order valence-electron chi connectivity index (χ2n) is 13.1. The van der Waals surface area contributed by atoms with Crippen LogP contribution < -0.4 is 0 Å². The molecule has 0 bridgehead atoms. The van der Waals surface area contributed by atoms with Gasteiger partial charge in [-0.15, -0.1) is 0 Å². The summed E-state index contributed by atoms with van der Waals surface area (Å²) in [5, 5.41) is 7.26. The van der Waals surface area contributed by atoms with E-state index in [2.05, 4.69) is 193 Å². The molecule has 238 valence electrons. The van der Waals surface area contributed by atoms with E-state index in [1.165, 1.54) is 48.9 Å². The second kappa shape index (κ2) is 11.9. The van der Waals surface area contributed by atoms with Gasteiger partial charge in [-0.1, -0.05) is 140 Å². The molecule has 0 spiro atoms. The Morgan fingerprint density at radius 3 is 1.59 bits per heavy atom. The first-order valence-corrected chi connectivity index (χ1v) is 17.3. The zero-order chi connectivity index (χ0) is 33.7. The summed E-state index contributed by atoms with van der Waals surface area (Å²) in [5.41, 5.74) is 10.8. The van der Waals surface area contributed by atoms with Crippen LogP contribution in [0.25, 0.3) is 94.1 Å². The fourth-order valence-corrected chi connectivity index (χ4v) is 7.39. The topological polar surface area (TPSA) is 30.7 Å². The molecule has 0 radical (unpaired) electrons. The van der Waals surface area contributed by atoms with Gasteiger partial charge in [-0.3, -0.25) is 0 Å². The number of nitrogens with zero attached hydrogens (tertiary/aromatic N) is 3. The van der Waals surface area contributed by atoms with Crippen LogP contribution in [0.2, 0.25) is 0 Å². The molecule has 0 fully saturated rings. The minimum atomic E-state index is 0.714. The second-order valence-corrected chi connectivity index (χ2v) is 13.1. The minimum Gasteiger partial charge on any atom is -0.309 e. The number of rotatable bonds is 5. The van der Waals surface area contributed by atoms with E-state index >= 15 is 0 Å². The van der Waals surface area contributed by atoms with Gasteiger partial charge in [0.15, 0.2) is 5.82 Å². The molecule has 3 heteroatoms. The molecular formula is C48H31N3. The van der Waals surface area contributed by atoms with Gasteiger partial charge < -0.3 is 4.57 Å². The van der Waals surface area contributed by atoms with Crippen LogP contribution in [0.1, 0.15) is 0 Å². The lowest BCUT2D eigenvalue weighted by Crippen LogP contribution is -1.96. The summed E-state index contributed by atoms with van der Waals surface area (Å²) in [6.07, 6.45) is 0. The molecule has 2 aromatic heterocycles. The fourth-order valence-electron chi connectivity index (χ4n) is 7.39. The zero-order valence-electron chi connectivity index (χ0n) is 27.7. The predicted molar refractivity (Wildman–Crippen MR) is 213 cm³/mol. The normalized spacial score (nSPS) is 11.5. The number of benzene rings is 8. The highest BCUT2D eigenvalue weighted by Crippen LogP contribution is 2.36. The predicted octanol–water partition coefficient (Wildman–Crippen LogP) is 12.5. The van der Waals surface area contributed by atoms with Crippen LogP contribution >= 0.6 is 0 Å². The van der Waals surface area contributed by atoms with Gasteiger partial charge in [0.25, 0.3) is 0 Å². The Bertz CT molecular complexity index is 2810. The Hall–Kier alpha value is -6.84. The Kier molecular flexibility index (Phi) is 6.81. The van der Waals surface area contributed by atoms with E-state index in [-0.39, 0.29) is 0 Å². The Morgan fingerprint density at radius 2 is 0.843 bits per heavy atom. The standard InChI is InChI=1S/C48H31N3/c1-2-14-41(15-3-1)51-46-17-9-8-16-42(46)43-30-38(26-27-47(43)51)34-18-22-35(23-19-34)44-31-45(39-24-20-32-10-4-6-12-36(32)28-39)50-48(49-44)40-25-21-33-11-5-7-13-37(33)29-40/h1-31H. The molecule has 2 heterocycles. The minimum absolute atomic E-state index is 0.714. The average Bonchev–Trinajstić information content (AvgIpc) is 3.54. The van der Waals surface area contributed by atoms with Crippen LogP contribution in [0, 0.1) is 0 Å². The summed E-state index contributed by atoms with van der Waals surface area (Å²) in [7, 11) is 0. The van der Waals surface area contributed by atoms with Gasteiger partial charge in [0, 0.05) is 33.2 Å². The lowest BCUT2D eigenvalue weighted by Gasteiger charge is -2.11. The third kappa shape index (κ3) is 5.15. The number of hydrogen-bond acceptors (Lipinski definition) is 2. The van der Waals surface area contributed by atoms with Crippen LogP contribution in [0.4, 0.5) is 0 Å². The van der Waals surface area contributed by atoms with Crippen molar-refractivity contribution < 1.29 is 0 Å². The SMILES string of the molecule is c1ccc(-n2c3ccccc3c3cc(-c4ccc(-c5cc(-c6ccc7ccccc7c6)nc(-c6ccc7ccccc7c6)n5)cc4)ccc32)cc1. The number of hydrogen-bond donors (Lipinski definition) is 0. The van der Waals surface area contributed by atoms with E-state index in [9.17, 15) is 0 Å². The van der Waals surface area contributed by atoms with Crippen molar-refractivity contribution in [2.45, 2.75) is 0 Å². The first kappa shape index (κ1) is 29.1. The van der Waals surface area contributed by atoms with Crippen molar-refractivity contribution in [3.05, 3.63) is 188 Å². The molecule has 0 aliphatic carbocycles. The fraction of sp³-hybridized carbons (Fsp3) is 0. The highest BCUT2D eigenvalue weighted by Gasteiger charge is 2.15. The van der Waals surface area contributed by atoms with E-state index in [4.69, 9.17) is 9.97 Å². The van der Waals surface area contributed by atoms with E-state index in [1.54, 1.807) is 0 Å². The zero-order valence-corrected chi connectivity index (χ0v) is 27.7. The van der Waals surface area contributed by atoms with Gasteiger partial charge in [-0.2, -0.15) is 0 Å². The molecule has 3 nitrogen and oxygen atoms in total. The number of aromatic nitrogens is 3. The van der Waals surface area contributed by atoms with E-state index in [0.29, 0.717) is 5.82 Å². The van der Waals surface area contributed by atoms with Crippen molar-refractivity contribution in [1.29, 1.82) is 0 Å². The monoisotopic (exact) mass is 649 g/mol. The van der Waals surface area contributed by atoms with E-state index in [1.807, 2.05) is 0 Å². The van der Waals surface area contributed by atoms with Gasteiger partial charge in [-0.05, 0) is 81.2 Å². The maximum Gasteiger partial charge on any atom is 0.160 e. The van der Waals surface area contributed by atoms with Crippen molar-refractivity contribution in [1.82, 2.24) is 14.5 Å². The molecule has 0 aliphatic heterocycles. The first-order valence-electron chi connectivity index (χ1n) is 17.3. The van der Waals surface area contributed by atoms with E-state index in [0.717, 1.165) is 39.3 Å². The molecule has 0 unspecified atom stereocenters. The Morgan fingerprint density at radius 1 is 0.314 bits per heavy atom. The molecular weight excluding hydrogens is 619 g/mol. The van der Waals surface area contributed by atoms with Crippen molar-refractivity contribution in [2.24, 2.45) is 0 Å². The summed E-state index contributed by atoms with van der Waals surface area (Å²) < 4.78 is 2.35. The third-order valence-electron chi connectivity index (χ3n) is 9.98. The summed E-state index contributed by atoms with van der Waals surface area (Å²) >= 11 is 0. The molecule has 0 saturated heterocycles. The largest absolute Gasteiger partial charge is 0.309 e. The van der Waals surface area contributed by atoms with Crippen molar-refractivity contribution in [3.63, 3.8) is 0 Å². The summed E-state index contributed by atoms with van der Waals surface area (Å²) in [5.74, 6) is 0.714. The number of fused-ring (bicyclic) bond motifs is 5. The van der Waals surface area contributed by atoms with Crippen molar-refractivity contribution >= 4 is 43.4 Å². The molecule has 0 amide bonds. The lowest BCUT2D eigenvalue weighted by molar-refractivity contribution is 1.18. The highest BCUT2D eigenvalue weighted by molar-refractivity contribution is 6.10. The molecule has 0 saturated carbocycles. The van der Waals surface area contributed by atoms with Crippen LogP contribution in [0.5, 0.6) is 0 Å². The quantitative estimate of drug-likeness (QED) is 0.186. The van der Waals surface area contributed by atoms with Gasteiger partial charge in [0.2, 0.25) is 0 Å². The van der Waals surface area contributed by atoms with Crippen molar-refractivity contribution in [2.75, 3.05) is 0 Å². The summed E-state index contributed by atoms with van der Waals surface area (Å²) in [6, 6.07) is 66.9. The van der Waals surface area contributed by atoms with Crippen LogP contribution in [0.3, 0.4) is 0 Å². The van der Waals surface area contributed by atoms with Gasteiger partial charge in [-0.25, -0.2) is 9.97 Å². The summed E-state index contributed by atoms with van der Waals surface area (Å²) in [4.78, 5) is 10.3. The van der Waals surface area contributed by atoms with Crippen LogP contribution in [-0.2, 0) is 0 Å². The first-order chi connectivity index (χ1) is 25.2. The van der Waals surface area contributed by atoms with Crippen molar-refractivity contribution in [3.8, 4) is 50.7 Å². The van der Waals surface area contributed by atoms with Gasteiger partial charge in [0.05, 0.1) is 22.4 Å². The van der Waals surface area contributed by atoms with Gasteiger partial charge >= 0.3 is 0 Å². The molecule has 10 rings (SSSR count). The molecule has 0 atom stereocenters. The number of para-hydroxylation sites is 2. The molecule has 51 heavy (non-hydrogen) atoms. The van der Waals surface area contributed by atoms with E-state index < -0.39 is 0 Å². The highest BCUT2D eigenvalue weighted by atomic mass is 15.0. The Labute approximate surface area is 295 Å². The molecule has 8 aromatic carbocycles. The smallest absolute Gasteiger partial charge is 0.160 e. The third-order valence-corrected chi connectivity index (χ3v) is 9.98. The van der Waals surface area contributed by atoms with Crippen LogP contribution in [-0.4, -0.2) is 14.5 Å². The molecule has 10 aromatic rings. The van der Waals surface area contributed by atoms with Crippen LogP contribution in [0.15, 0.2) is 188 Å². The molecule has 0 aliphatic rings. The maximum atomic E-state index is 5.16. The van der Waals surface area contributed by atoms with Gasteiger partial charge in [0.1, 0.15) is 0 Å². The average molecular weight is 650 g/mol. The lowest BCUT2D eigenvalue weighted by atomic mass is 9.99. The summed E-state index contributed by atoms with van der Waals surface area (Å²) in [6.45, 7) is 0.